The highest BCUT2D eigenvalue weighted by molar-refractivity contribution is 6.00. The van der Waals surface area contributed by atoms with Crippen molar-refractivity contribution in [2.75, 3.05) is 6.54 Å². The van der Waals surface area contributed by atoms with Gasteiger partial charge in [0.2, 0.25) is 0 Å². The number of Topliss-reactive ketones (excluding diaryl/α,β-unsaturated/α-hetero) is 1. The summed E-state index contributed by atoms with van der Waals surface area (Å²) >= 11 is 0. The Kier molecular flexibility index (Phi) is 9.57. The summed E-state index contributed by atoms with van der Waals surface area (Å²) in [6, 6.07) is 11.7. The largest absolute Gasteiger partial charge is 0.481 e. The zero-order valence-electron chi connectivity index (χ0n) is 33.8. The maximum atomic E-state index is 14.0. The summed E-state index contributed by atoms with van der Waals surface area (Å²) in [6.45, 7) is 19.5. The topological polar surface area (TPSA) is 96.4 Å². The number of rotatable bonds is 9. The number of amides is 1. The number of ketones is 1. The highest BCUT2D eigenvalue weighted by Crippen LogP contribution is 2.72. The Morgan fingerprint density at radius 1 is 0.926 bits per heavy atom. The number of aliphatic carboxylic acids is 1. The molecule has 0 saturated heterocycles. The quantitative estimate of drug-likeness (QED) is 0.250. The summed E-state index contributed by atoms with van der Waals surface area (Å²) in [4.78, 5) is 43.6. The van der Waals surface area contributed by atoms with Gasteiger partial charge in [0.05, 0.1) is 11.4 Å². The minimum atomic E-state index is -0.646. The summed E-state index contributed by atoms with van der Waals surface area (Å²) in [6.07, 6.45) is 13.0. The van der Waals surface area contributed by atoms with Crippen molar-refractivity contribution < 1.29 is 19.5 Å². The minimum absolute atomic E-state index is 0.138. The summed E-state index contributed by atoms with van der Waals surface area (Å²) in [5.74, 6) is 3.90. The Hall–Kier alpha value is -3.28. The van der Waals surface area contributed by atoms with E-state index in [9.17, 15) is 19.5 Å². The molecule has 0 aliphatic heterocycles. The van der Waals surface area contributed by atoms with Gasteiger partial charge in [0, 0.05) is 23.8 Å². The number of carbonyl (C=O) groups is 3. The molecule has 2 N–H and O–H groups in total. The molecule has 6 nitrogen and oxygen atoms in total. The Labute approximate surface area is 323 Å². The number of hydrogen-bond donors (Lipinski definition) is 2. The van der Waals surface area contributed by atoms with Crippen LogP contribution in [0.3, 0.4) is 0 Å². The van der Waals surface area contributed by atoms with Gasteiger partial charge < -0.3 is 10.4 Å². The molecule has 2 aromatic rings. The van der Waals surface area contributed by atoms with Crippen LogP contribution in [0.1, 0.15) is 129 Å². The second-order valence-electron chi connectivity index (χ2n) is 20.0. The zero-order valence-corrected chi connectivity index (χ0v) is 33.8. The summed E-state index contributed by atoms with van der Waals surface area (Å²) < 4.78 is 0. The molecule has 6 aliphatic rings. The van der Waals surface area contributed by atoms with E-state index in [1.54, 1.807) is 0 Å². The summed E-state index contributed by atoms with van der Waals surface area (Å²) in [7, 11) is 0. The fraction of sp³-hybridized carbons (Fsp3) is 0.667. The van der Waals surface area contributed by atoms with Crippen molar-refractivity contribution in [2.45, 2.75) is 119 Å². The van der Waals surface area contributed by atoms with Crippen LogP contribution in [0, 0.1) is 75.4 Å². The molecule has 8 rings (SSSR count). The van der Waals surface area contributed by atoms with Gasteiger partial charge in [-0.05, 0) is 152 Å². The standard InChI is InChI=1S/C48H64N2O4/c1-27(2)42-40(51)26-48(22-23-49-44(52)39-14-12-31-10-8-9-11-38(31)50-39)21-18-37-33(43(42)48)13-15-41-46(6)19-16-32(29(4)36(46)17-20-47(37,41)7)24-28(3)34-25-35(30(34)5)45(53)54/h8-12,14,27,29-30,32-37,41H,3,13,15-26H2,1-2,4-7H3,(H,49,52)(H,53,54). The SMILES string of the molecule is C=C(CC1CCC2(C)C(CCC3(C)C4CCC5(CCNC(=O)c6ccc7ccccc7n6)CC(=O)C(C(C)C)=C5C4CCC32)C1C)C1CC(C(=O)O)C1C. The molecular weight excluding hydrogens is 669 g/mol. The molecule has 0 spiro atoms. The molecule has 12 atom stereocenters. The van der Waals surface area contributed by atoms with Gasteiger partial charge in [-0.3, -0.25) is 14.4 Å². The van der Waals surface area contributed by atoms with E-state index in [0.29, 0.717) is 71.3 Å². The van der Waals surface area contributed by atoms with Gasteiger partial charge in [-0.2, -0.15) is 0 Å². The van der Waals surface area contributed by atoms with E-state index in [0.717, 1.165) is 42.2 Å². The lowest BCUT2D eigenvalue weighted by molar-refractivity contribution is -0.170. The molecule has 1 heterocycles. The van der Waals surface area contributed by atoms with Crippen molar-refractivity contribution >= 4 is 28.6 Å². The van der Waals surface area contributed by atoms with Crippen molar-refractivity contribution in [1.29, 1.82) is 0 Å². The summed E-state index contributed by atoms with van der Waals surface area (Å²) in [5.41, 5.74) is 5.63. The van der Waals surface area contributed by atoms with Crippen LogP contribution in [-0.2, 0) is 9.59 Å². The molecule has 1 amide bonds. The molecule has 5 fully saturated rings. The van der Waals surface area contributed by atoms with Crippen LogP contribution in [0.5, 0.6) is 0 Å². The summed E-state index contributed by atoms with van der Waals surface area (Å²) in [5, 5.41) is 13.8. The molecule has 0 bridgehead atoms. The maximum absolute atomic E-state index is 14.0. The lowest BCUT2D eigenvalue weighted by atomic mass is 9.37. The zero-order chi connectivity index (χ0) is 38.3. The van der Waals surface area contributed by atoms with Crippen molar-refractivity contribution in [3.05, 3.63) is 65.4 Å². The molecule has 6 heteroatoms. The lowest BCUT2D eigenvalue weighted by Gasteiger charge is -2.67. The smallest absolute Gasteiger partial charge is 0.306 e. The van der Waals surface area contributed by atoms with Crippen molar-refractivity contribution in [3.8, 4) is 0 Å². The average molecular weight is 733 g/mol. The number of para-hydroxylation sites is 1. The van der Waals surface area contributed by atoms with Crippen LogP contribution >= 0.6 is 0 Å². The molecule has 5 saturated carbocycles. The molecule has 54 heavy (non-hydrogen) atoms. The number of nitrogens with one attached hydrogen (secondary N) is 1. The van der Waals surface area contributed by atoms with E-state index < -0.39 is 5.97 Å². The normalized spacial score (nSPS) is 40.0. The van der Waals surface area contributed by atoms with Crippen LogP contribution in [0.2, 0.25) is 0 Å². The first kappa shape index (κ1) is 37.6. The third kappa shape index (κ3) is 5.85. The predicted molar refractivity (Wildman–Crippen MR) is 215 cm³/mol. The van der Waals surface area contributed by atoms with E-state index in [1.165, 1.54) is 56.1 Å². The average Bonchev–Trinajstić information content (AvgIpc) is 3.44. The second-order valence-corrected chi connectivity index (χ2v) is 20.0. The van der Waals surface area contributed by atoms with Crippen molar-refractivity contribution in [3.63, 3.8) is 0 Å². The van der Waals surface area contributed by atoms with Crippen LogP contribution in [0.15, 0.2) is 59.7 Å². The highest BCUT2D eigenvalue weighted by atomic mass is 16.4. The van der Waals surface area contributed by atoms with E-state index in [2.05, 4.69) is 58.4 Å². The highest BCUT2D eigenvalue weighted by Gasteiger charge is 2.64. The van der Waals surface area contributed by atoms with E-state index >= 15 is 0 Å². The second kappa shape index (κ2) is 13.7. The van der Waals surface area contributed by atoms with Crippen molar-refractivity contribution in [2.24, 2.45) is 75.4 Å². The van der Waals surface area contributed by atoms with Gasteiger partial charge in [-0.25, -0.2) is 4.98 Å². The molecule has 1 aromatic carbocycles. The van der Waals surface area contributed by atoms with Gasteiger partial charge >= 0.3 is 5.97 Å². The Balaban J connectivity index is 0.977. The number of carbonyl (C=O) groups excluding carboxylic acids is 2. The number of benzene rings is 1. The van der Waals surface area contributed by atoms with Crippen LogP contribution < -0.4 is 5.32 Å². The van der Waals surface area contributed by atoms with E-state index in [1.807, 2.05) is 36.4 Å². The lowest BCUT2D eigenvalue weighted by Crippen LogP contribution is -2.60. The van der Waals surface area contributed by atoms with Gasteiger partial charge in [0.25, 0.3) is 5.91 Å². The fourth-order valence-corrected chi connectivity index (χ4v) is 14.6. The Morgan fingerprint density at radius 2 is 1.65 bits per heavy atom. The monoisotopic (exact) mass is 732 g/mol. The van der Waals surface area contributed by atoms with Gasteiger partial charge in [-0.15, -0.1) is 0 Å². The number of allylic oxidation sites excluding steroid dienone is 3. The maximum Gasteiger partial charge on any atom is 0.306 e. The number of aromatic nitrogens is 1. The first-order valence-corrected chi connectivity index (χ1v) is 21.5. The minimum Gasteiger partial charge on any atom is -0.481 e. The molecule has 12 unspecified atom stereocenters. The van der Waals surface area contributed by atoms with Gasteiger partial charge in [0.1, 0.15) is 5.69 Å². The third-order valence-electron chi connectivity index (χ3n) is 17.4. The Morgan fingerprint density at radius 3 is 2.39 bits per heavy atom. The third-order valence-corrected chi connectivity index (χ3v) is 17.4. The van der Waals surface area contributed by atoms with Gasteiger partial charge in [-0.1, -0.05) is 83.5 Å². The van der Waals surface area contributed by atoms with Gasteiger partial charge in [0.15, 0.2) is 5.78 Å². The Bertz CT molecular complexity index is 1900. The van der Waals surface area contributed by atoms with Crippen LogP contribution in [0.4, 0.5) is 0 Å². The fourth-order valence-electron chi connectivity index (χ4n) is 14.6. The number of carboxylic acid groups (broad SMARTS) is 1. The molecule has 6 aliphatic carbocycles. The molecule has 290 valence electrons. The number of pyridine rings is 1. The van der Waals surface area contributed by atoms with E-state index in [4.69, 9.17) is 0 Å². The molecular formula is C48H64N2O4. The number of fused-ring (bicyclic) bond motifs is 8. The molecule has 1 aromatic heterocycles. The number of nitrogens with zero attached hydrogens (tertiary/aromatic N) is 1. The first-order chi connectivity index (χ1) is 25.7. The number of hydrogen-bond acceptors (Lipinski definition) is 4. The van der Waals surface area contributed by atoms with E-state index in [-0.39, 0.29) is 34.5 Å². The van der Waals surface area contributed by atoms with Crippen LogP contribution in [0.25, 0.3) is 10.9 Å². The first-order valence-electron chi connectivity index (χ1n) is 21.5. The van der Waals surface area contributed by atoms with Crippen molar-refractivity contribution in [1.82, 2.24) is 10.3 Å². The number of carboxylic acids is 1. The predicted octanol–water partition coefficient (Wildman–Crippen LogP) is 10.5. The van der Waals surface area contributed by atoms with Crippen LogP contribution in [-0.4, -0.2) is 34.3 Å². The molecule has 0 radical (unpaired) electrons.